The van der Waals surface area contributed by atoms with Crippen LogP contribution >= 0.6 is 0 Å². The number of aromatic nitrogens is 4. The van der Waals surface area contributed by atoms with Crippen molar-refractivity contribution in [3.8, 4) is 17.3 Å². The molecule has 1 aliphatic heterocycles. The fourth-order valence-electron chi connectivity index (χ4n) is 6.82. The molecule has 0 fully saturated rings. The van der Waals surface area contributed by atoms with Crippen LogP contribution in [-0.4, -0.2) is 26.2 Å². The van der Waals surface area contributed by atoms with E-state index < -0.39 is 0 Å². The van der Waals surface area contributed by atoms with Crippen LogP contribution in [0.2, 0.25) is 0 Å². The number of fused-ring (bicyclic) bond motifs is 5. The third kappa shape index (κ3) is 5.02. The molecular formula is C42H34N6O. The van der Waals surface area contributed by atoms with Crippen LogP contribution in [0.15, 0.2) is 140 Å². The Morgan fingerprint density at radius 1 is 0.612 bits per heavy atom. The second-order valence-corrected chi connectivity index (χ2v) is 13.5. The van der Waals surface area contributed by atoms with Gasteiger partial charge in [0.1, 0.15) is 29.8 Å². The first-order valence-corrected chi connectivity index (χ1v) is 16.5. The van der Waals surface area contributed by atoms with Crippen molar-refractivity contribution in [3.05, 3.63) is 145 Å². The van der Waals surface area contributed by atoms with Crippen molar-refractivity contribution < 1.29 is 4.74 Å². The molecule has 49 heavy (non-hydrogen) atoms. The van der Waals surface area contributed by atoms with Crippen molar-refractivity contribution in [2.45, 2.75) is 26.2 Å². The number of pyridine rings is 3. The third-order valence-electron chi connectivity index (χ3n) is 9.31. The second-order valence-electron chi connectivity index (χ2n) is 13.5. The molecule has 0 saturated heterocycles. The van der Waals surface area contributed by atoms with Crippen LogP contribution in [0, 0.1) is 0 Å². The fourth-order valence-corrected chi connectivity index (χ4v) is 6.82. The number of anilines is 4. The van der Waals surface area contributed by atoms with Gasteiger partial charge in [-0.2, -0.15) is 0 Å². The Balaban J connectivity index is 1.07. The standard InChI is InChI=1S/C42H34N6O/c1-42(2,3)29-21-23-43-40(24-29)48-36-15-7-5-13-33(36)34-19-18-32(26-38(34)48)49-31-12-8-11-30(25-31)46-27-47(41-37(46)16-9-22-44-41)39-20-17-28-10-4-6-14-35(28)45-39/h4-26H,27H2,1-3H3. The number of para-hydroxylation sites is 2. The Morgan fingerprint density at radius 2 is 1.45 bits per heavy atom. The average Bonchev–Trinajstić information content (AvgIpc) is 3.67. The van der Waals surface area contributed by atoms with Gasteiger partial charge in [0, 0.05) is 46.4 Å². The van der Waals surface area contributed by atoms with Gasteiger partial charge in [0.25, 0.3) is 0 Å². The van der Waals surface area contributed by atoms with E-state index in [0.717, 1.165) is 67.6 Å². The quantitative estimate of drug-likeness (QED) is 0.187. The summed E-state index contributed by atoms with van der Waals surface area (Å²) in [5.74, 6) is 4.13. The van der Waals surface area contributed by atoms with Gasteiger partial charge in [0.15, 0.2) is 5.82 Å². The van der Waals surface area contributed by atoms with E-state index in [1.165, 1.54) is 10.9 Å². The maximum Gasteiger partial charge on any atom is 0.159 e. The molecule has 0 saturated carbocycles. The minimum absolute atomic E-state index is 0.00464. The molecule has 0 aliphatic carbocycles. The van der Waals surface area contributed by atoms with Crippen molar-refractivity contribution in [1.82, 2.24) is 19.5 Å². The summed E-state index contributed by atoms with van der Waals surface area (Å²) in [6, 6.07) is 43.8. The van der Waals surface area contributed by atoms with Crippen molar-refractivity contribution in [3.63, 3.8) is 0 Å². The zero-order valence-electron chi connectivity index (χ0n) is 27.6. The molecule has 4 aromatic carbocycles. The largest absolute Gasteiger partial charge is 0.457 e. The van der Waals surface area contributed by atoms with Crippen molar-refractivity contribution in [1.29, 1.82) is 0 Å². The molecule has 0 N–H and O–H groups in total. The average molecular weight is 639 g/mol. The summed E-state index contributed by atoms with van der Waals surface area (Å²) in [6.07, 6.45) is 3.74. The topological polar surface area (TPSA) is 59.3 Å². The van der Waals surface area contributed by atoms with E-state index in [2.05, 4.69) is 120 Å². The summed E-state index contributed by atoms with van der Waals surface area (Å²) in [7, 11) is 0. The van der Waals surface area contributed by atoms with Gasteiger partial charge < -0.3 is 9.64 Å². The van der Waals surface area contributed by atoms with Gasteiger partial charge in [0.05, 0.1) is 22.2 Å². The van der Waals surface area contributed by atoms with Crippen LogP contribution in [0.4, 0.5) is 23.0 Å². The molecule has 7 nitrogen and oxygen atoms in total. The van der Waals surface area contributed by atoms with Crippen LogP contribution in [0.1, 0.15) is 26.3 Å². The lowest BCUT2D eigenvalue weighted by atomic mass is 9.88. The van der Waals surface area contributed by atoms with E-state index in [4.69, 9.17) is 19.7 Å². The van der Waals surface area contributed by atoms with E-state index in [0.29, 0.717) is 6.67 Å². The molecule has 5 heterocycles. The van der Waals surface area contributed by atoms with Gasteiger partial charge in [-0.15, -0.1) is 0 Å². The molecule has 0 spiro atoms. The zero-order chi connectivity index (χ0) is 33.1. The maximum absolute atomic E-state index is 6.60. The highest BCUT2D eigenvalue weighted by Gasteiger charge is 2.30. The number of ether oxygens (including phenoxy) is 1. The van der Waals surface area contributed by atoms with Crippen LogP contribution in [0.5, 0.6) is 11.5 Å². The predicted molar refractivity (Wildman–Crippen MR) is 199 cm³/mol. The Hall–Kier alpha value is -6.21. The van der Waals surface area contributed by atoms with Crippen LogP contribution in [0.25, 0.3) is 38.5 Å². The molecule has 238 valence electrons. The van der Waals surface area contributed by atoms with Gasteiger partial charge in [-0.3, -0.25) is 9.47 Å². The highest BCUT2D eigenvalue weighted by Crippen LogP contribution is 2.43. The van der Waals surface area contributed by atoms with Gasteiger partial charge in [-0.25, -0.2) is 15.0 Å². The molecule has 0 radical (unpaired) electrons. The van der Waals surface area contributed by atoms with Crippen molar-refractivity contribution in [2.24, 2.45) is 0 Å². The lowest BCUT2D eigenvalue weighted by Crippen LogP contribution is -2.24. The molecule has 9 rings (SSSR count). The smallest absolute Gasteiger partial charge is 0.159 e. The SMILES string of the molecule is CC(C)(C)c1ccnc(-n2c3ccccc3c3ccc(Oc4cccc(N5CN(c6ccc7ccccc7n6)c6ncccc65)c4)cc32)c1. The Labute approximate surface area is 284 Å². The number of hydrogen-bond donors (Lipinski definition) is 0. The summed E-state index contributed by atoms with van der Waals surface area (Å²) < 4.78 is 8.84. The number of nitrogens with zero attached hydrogens (tertiary/aromatic N) is 6. The molecular weight excluding hydrogens is 605 g/mol. The molecule has 7 heteroatoms. The third-order valence-corrected chi connectivity index (χ3v) is 9.31. The number of hydrogen-bond acceptors (Lipinski definition) is 6. The first-order chi connectivity index (χ1) is 23.9. The van der Waals surface area contributed by atoms with E-state index in [1.807, 2.05) is 54.9 Å². The summed E-state index contributed by atoms with van der Waals surface area (Å²) in [5.41, 5.74) is 6.39. The fraction of sp³-hybridized carbons (Fsp3) is 0.119. The Kier molecular flexibility index (Phi) is 6.62. The lowest BCUT2D eigenvalue weighted by molar-refractivity contribution is 0.483. The molecule has 1 aliphatic rings. The van der Waals surface area contributed by atoms with Gasteiger partial charge in [-0.05, 0) is 83.8 Å². The van der Waals surface area contributed by atoms with Crippen LogP contribution in [0.3, 0.4) is 0 Å². The predicted octanol–water partition coefficient (Wildman–Crippen LogP) is 10.5. The summed E-state index contributed by atoms with van der Waals surface area (Å²) in [5, 5.41) is 3.45. The minimum atomic E-state index is 0.00464. The first kappa shape index (κ1) is 29.0. The molecule has 0 unspecified atom stereocenters. The highest BCUT2D eigenvalue weighted by molar-refractivity contribution is 6.09. The van der Waals surface area contributed by atoms with Crippen molar-refractivity contribution >= 4 is 55.7 Å². The van der Waals surface area contributed by atoms with E-state index in [-0.39, 0.29) is 5.41 Å². The van der Waals surface area contributed by atoms with E-state index in [1.54, 1.807) is 0 Å². The second kappa shape index (κ2) is 11.2. The van der Waals surface area contributed by atoms with Crippen LogP contribution in [-0.2, 0) is 5.41 Å². The van der Waals surface area contributed by atoms with E-state index in [9.17, 15) is 0 Å². The monoisotopic (exact) mass is 638 g/mol. The number of rotatable bonds is 5. The Morgan fingerprint density at radius 3 is 2.37 bits per heavy atom. The minimum Gasteiger partial charge on any atom is -0.457 e. The molecule has 0 bridgehead atoms. The van der Waals surface area contributed by atoms with Crippen molar-refractivity contribution in [2.75, 3.05) is 16.5 Å². The maximum atomic E-state index is 6.60. The van der Waals surface area contributed by atoms with E-state index >= 15 is 0 Å². The molecule has 8 aromatic rings. The molecule has 4 aromatic heterocycles. The highest BCUT2D eigenvalue weighted by atomic mass is 16.5. The van der Waals surface area contributed by atoms with Gasteiger partial charge >= 0.3 is 0 Å². The number of benzene rings is 4. The summed E-state index contributed by atoms with van der Waals surface area (Å²) in [6.45, 7) is 7.27. The normalized spacial score (nSPS) is 13.0. The first-order valence-electron chi connectivity index (χ1n) is 16.5. The summed E-state index contributed by atoms with van der Waals surface area (Å²) >= 11 is 0. The van der Waals surface area contributed by atoms with Gasteiger partial charge in [-0.1, -0.05) is 63.2 Å². The Bertz CT molecular complexity index is 2530. The van der Waals surface area contributed by atoms with Crippen LogP contribution < -0.4 is 14.5 Å². The lowest BCUT2D eigenvalue weighted by Gasteiger charge is -2.21. The summed E-state index contributed by atoms with van der Waals surface area (Å²) in [4.78, 5) is 19.0. The molecule has 0 amide bonds. The molecule has 0 atom stereocenters. The van der Waals surface area contributed by atoms with Gasteiger partial charge in [0.2, 0.25) is 0 Å². The zero-order valence-corrected chi connectivity index (χ0v) is 27.6.